The van der Waals surface area contributed by atoms with Crippen LogP contribution in [-0.4, -0.2) is 35.6 Å². The lowest BCUT2D eigenvalue weighted by molar-refractivity contribution is -0.138. The van der Waals surface area contributed by atoms with Crippen LogP contribution in [0.5, 0.6) is 5.75 Å². The Morgan fingerprint density at radius 2 is 2.07 bits per heavy atom. The average Bonchev–Trinajstić information content (AvgIpc) is 2.65. The maximum absolute atomic E-state index is 14.6. The molecule has 0 saturated heterocycles. The minimum atomic E-state index is -2.01. The minimum Gasteiger partial charge on any atom is -0.511 e. The van der Waals surface area contributed by atoms with Gasteiger partial charge in [-0.15, -0.1) is 0 Å². The molecule has 1 N–H and O–H groups in total. The number of rotatable bonds is 7. The predicted molar refractivity (Wildman–Crippen MR) is 106 cm³/mol. The minimum absolute atomic E-state index is 0.122. The van der Waals surface area contributed by atoms with E-state index in [0.29, 0.717) is 0 Å². The molecule has 2 unspecified atom stereocenters. The van der Waals surface area contributed by atoms with Crippen LogP contribution in [-0.2, 0) is 16.1 Å². The van der Waals surface area contributed by atoms with E-state index in [9.17, 15) is 14.3 Å². The number of benzene rings is 1. The predicted octanol–water partition coefficient (Wildman–Crippen LogP) is 4.44. The Kier molecular flexibility index (Phi) is 7.36. The van der Waals surface area contributed by atoms with E-state index < -0.39 is 22.2 Å². The second kappa shape index (κ2) is 9.50. The number of aliphatic hydroxyl groups excluding tert-OH is 1. The summed E-state index contributed by atoms with van der Waals surface area (Å²) in [7, 11) is 1.58. The molecule has 0 saturated carbocycles. The quantitative estimate of drug-likeness (QED) is 0.225. The number of aliphatic imine (C=N–C) groups is 1. The average molecular weight is 438 g/mol. The van der Waals surface area contributed by atoms with Crippen LogP contribution >= 0.6 is 15.9 Å². The second-order valence-corrected chi connectivity index (χ2v) is 6.95. The molecule has 2 rings (SSSR count). The number of allylic oxidation sites excluding steroid dienone is 4. The highest BCUT2D eigenvalue weighted by Gasteiger charge is 2.38. The summed E-state index contributed by atoms with van der Waals surface area (Å²) in [5.74, 6) is -1.57. The van der Waals surface area contributed by atoms with Crippen molar-refractivity contribution in [1.29, 1.82) is 0 Å². The molecule has 7 heteroatoms. The number of esters is 1. The van der Waals surface area contributed by atoms with Crippen LogP contribution in [0.2, 0.25) is 0 Å². The molecule has 0 radical (unpaired) electrons. The first kappa shape index (κ1) is 20.9. The molecule has 1 aliphatic carbocycles. The summed E-state index contributed by atoms with van der Waals surface area (Å²) in [5, 5.41) is 10.5. The van der Waals surface area contributed by atoms with Gasteiger partial charge in [-0.2, -0.15) is 0 Å². The summed E-state index contributed by atoms with van der Waals surface area (Å²) in [6.45, 7) is 2.04. The molecule has 5 nitrogen and oxygen atoms in total. The van der Waals surface area contributed by atoms with Gasteiger partial charge < -0.3 is 14.6 Å². The molecule has 0 spiro atoms. The van der Waals surface area contributed by atoms with Gasteiger partial charge in [-0.25, -0.2) is 9.18 Å². The van der Waals surface area contributed by atoms with Crippen LogP contribution in [0.15, 0.2) is 64.9 Å². The van der Waals surface area contributed by atoms with Gasteiger partial charge in [0, 0.05) is 6.21 Å². The Hall–Kier alpha value is -2.41. The highest BCUT2D eigenvalue weighted by molar-refractivity contribution is 9.10. The first-order valence-electron chi connectivity index (χ1n) is 8.36. The van der Waals surface area contributed by atoms with Crippen molar-refractivity contribution in [3.8, 4) is 5.75 Å². The van der Waals surface area contributed by atoms with Crippen LogP contribution in [0.25, 0.3) is 0 Å². The van der Waals surface area contributed by atoms with Crippen molar-refractivity contribution in [3.05, 3.63) is 65.5 Å². The molecule has 0 heterocycles. The van der Waals surface area contributed by atoms with Gasteiger partial charge in [0.25, 0.3) is 0 Å². The van der Waals surface area contributed by atoms with E-state index in [1.807, 2.05) is 12.1 Å². The van der Waals surface area contributed by atoms with E-state index >= 15 is 0 Å². The molecule has 144 valence electrons. The molecule has 0 amide bonds. The summed E-state index contributed by atoms with van der Waals surface area (Å²) in [6.07, 6.45) is 7.04. The van der Waals surface area contributed by atoms with E-state index in [1.54, 1.807) is 32.2 Å². The highest BCUT2D eigenvalue weighted by atomic mass is 79.9. The summed E-state index contributed by atoms with van der Waals surface area (Å²) in [6, 6.07) is 7.27. The monoisotopic (exact) mass is 437 g/mol. The van der Waals surface area contributed by atoms with Gasteiger partial charge in [0.1, 0.15) is 17.1 Å². The van der Waals surface area contributed by atoms with Crippen molar-refractivity contribution >= 4 is 28.1 Å². The van der Waals surface area contributed by atoms with Gasteiger partial charge in [-0.1, -0.05) is 30.4 Å². The number of carbonyl (C=O) groups is 1. The number of alkyl halides is 2. The maximum Gasteiger partial charge on any atom is 0.343 e. The Bertz CT molecular complexity index is 782. The fourth-order valence-corrected chi connectivity index (χ4v) is 2.96. The van der Waals surface area contributed by atoms with E-state index in [4.69, 9.17) is 9.47 Å². The van der Waals surface area contributed by atoms with E-state index in [2.05, 4.69) is 20.9 Å². The normalized spacial score (nSPS) is 22.6. The molecular formula is C20H21BrFNO4. The number of carbonyl (C=O) groups excluding carboxylic acids is 1. The van der Waals surface area contributed by atoms with Crippen molar-refractivity contribution in [1.82, 2.24) is 0 Å². The smallest absolute Gasteiger partial charge is 0.343 e. The molecule has 0 fully saturated rings. The van der Waals surface area contributed by atoms with Gasteiger partial charge in [0.05, 0.1) is 26.2 Å². The van der Waals surface area contributed by atoms with Gasteiger partial charge >= 0.3 is 5.97 Å². The SMILES string of the molecule is CCOC(=O)C(C=NCc1ccc(OC)cc1)=C(O)C1C=CC=CC1(F)Br. The van der Waals surface area contributed by atoms with Crippen molar-refractivity contribution in [3.63, 3.8) is 0 Å². The number of ether oxygens (including phenoxy) is 2. The molecule has 0 aliphatic heterocycles. The van der Waals surface area contributed by atoms with Crippen molar-refractivity contribution in [2.24, 2.45) is 10.9 Å². The zero-order valence-electron chi connectivity index (χ0n) is 15.1. The van der Waals surface area contributed by atoms with Crippen LogP contribution in [0.4, 0.5) is 4.39 Å². The fraction of sp³-hybridized carbons (Fsp3) is 0.300. The zero-order valence-corrected chi connectivity index (χ0v) is 16.6. The lowest BCUT2D eigenvalue weighted by atomic mass is 9.94. The Morgan fingerprint density at radius 1 is 1.37 bits per heavy atom. The summed E-state index contributed by atoms with van der Waals surface area (Å²) >= 11 is 2.93. The number of nitrogens with zero attached hydrogens (tertiary/aromatic N) is 1. The molecule has 1 aromatic rings. The largest absolute Gasteiger partial charge is 0.511 e. The number of hydrogen-bond donors (Lipinski definition) is 1. The standard InChI is InChI=1S/C20H21BrFNO4/c1-3-27-19(25)16(18(24)17-6-4-5-11-20(17,21)22)13-23-12-14-7-9-15(26-2)10-8-14/h4-11,13,17,24H,3,12H2,1-2H3. The van der Waals surface area contributed by atoms with Gasteiger partial charge in [0.2, 0.25) is 0 Å². The Morgan fingerprint density at radius 3 is 2.67 bits per heavy atom. The molecule has 1 aromatic carbocycles. The van der Waals surface area contributed by atoms with Crippen LogP contribution in [0, 0.1) is 5.92 Å². The van der Waals surface area contributed by atoms with E-state index in [-0.39, 0.29) is 18.7 Å². The van der Waals surface area contributed by atoms with Gasteiger partial charge in [0.15, 0.2) is 4.58 Å². The summed E-state index contributed by atoms with van der Waals surface area (Å²) in [4.78, 5) is 16.4. The molecular weight excluding hydrogens is 417 g/mol. The topological polar surface area (TPSA) is 68.1 Å². The number of hydrogen-bond acceptors (Lipinski definition) is 5. The molecule has 2 atom stereocenters. The van der Waals surface area contributed by atoms with Crippen molar-refractivity contribution in [2.75, 3.05) is 13.7 Å². The second-order valence-electron chi connectivity index (χ2n) is 5.73. The third-order valence-corrected chi connectivity index (χ3v) is 4.62. The zero-order chi connectivity index (χ0) is 19.9. The highest BCUT2D eigenvalue weighted by Crippen LogP contribution is 2.39. The van der Waals surface area contributed by atoms with Gasteiger partial charge in [-0.3, -0.25) is 4.99 Å². The third kappa shape index (κ3) is 5.53. The molecule has 0 bridgehead atoms. The molecule has 27 heavy (non-hydrogen) atoms. The number of halogens is 2. The van der Waals surface area contributed by atoms with E-state index in [0.717, 1.165) is 11.3 Å². The first-order valence-corrected chi connectivity index (χ1v) is 9.15. The summed E-state index contributed by atoms with van der Waals surface area (Å²) in [5.41, 5.74) is 0.701. The van der Waals surface area contributed by atoms with Crippen molar-refractivity contribution < 1.29 is 23.8 Å². The fourth-order valence-electron chi connectivity index (χ4n) is 2.44. The van der Waals surface area contributed by atoms with E-state index in [1.165, 1.54) is 24.4 Å². The first-order chi connectivity index (χ1) is 12.9. The molecule has 0 aromatic heterocycles. The Balaban J connectivity index is 2.26. The maximum atomic E-state index is 14.6. The van der Waals surface area contributed by atoms with Crippen LogP contribution < -0.4 is 4.74 Å². The molecule has 1 aliphatic rings. The number of aliphatic hydroxyl groups is 1. The van der Waals surface area contributed by atoms with Gasteiger partial charge in [-0.05, 0) is 46.6 Å². The van der Waals surface area contributed by atoms with Crippen molar-refractivity contribution in [2.45, 2.75) is 18.0 Å². The van der Waals surface area contributed by atoms with Crippen LogP contribution in [0.3, 0.4) is 0 Å². The van der Waals surface area contributed by atoms with Crippen LogP contribution in [0.1, 0.15) is 12.5 Å². The lowest BCUT2D eigenvalue weighted by Crippen LogP contribution is -2.28. The lowest BCUT2D eigenvalue weighted by Gasteiger charge is -2.25. The number of methoxy groups -OCH3 is 1. The summed E-state index contributed by atoms with van der Waals surface area (Å²) < 4.78 is 22.7. The third-order valence-electron chi connectivity index (χ3n) is 3.87. The Labute approximate surface area is 166 Å².